The Hall–Kier alpha value is -1.17. The molecule has 0 aliphatic rings. The Kier molecular flexibility index (Phi) is 2.51. The first-order valence-electron chi connectivity index (χ1n) is 3.06. The van der Waals surface area contributed by atoms with Gasteiger partial charge in [0.05, 0.1) is 5.02 Å². The van der Waals surface area contributed by atoms with Gasteiger partial charge in [-0.15, -0.1) is 13.2 Å². The van der Waals surface area contributed by atoms with Crippen molar-refractivity contribution in [3.63, 3.8) is 0 Å². The lowest BCUT2D eigenvalue weighted by Gasteiger charge is -2.09. The Morgan fingerprint density at radius 1 is 1.46 bits per heavy atom. The highest BCUT2D eigenvalue weighted by Gasteiger charge is 2.32. The van der Waals surface area contributed by atoms with Crippen LogP contribution in [0.15, 0.2) is 12.3 Å². The second-order valence-electron chi connectivity index (χ2n) is 2.06. The lowest BCUT2D eigenvalue weighted by atomic mass is 10.4. The summed E-state index contributed by atoms with van der Waals surface area (Å²) >= 11 is 5.43. The number of pyridine rings is 1. The molecule has 1 aromatic heterocycles. The van der Waals surface area contributed by atoms with Gasteiger partial charge < -0.3 is 10.5 Å². The molecule has 13 heavy (non-hydrogen) atoms. The van der Waals surface area contributed by atoms with Gasteiger partial charge in [0.15, 0.2) is 0 Å². The zero-order chi connectivity index (χ0) is 10.1. The second kappa shape index (κ2) is 3.29. The summed E-state index contributed by atoms with van der Waals surface area (Å²) in [5, 5.41) is -0.0331. The number of ether oxygens (including phenoxy) is 1. The van der Waals surface area contributed by atoms with E-state index in [-0.39, 0.29) is 10.7 Å². The summed E-state index contributed by atoms with van der Waals surface area (Å²) in [5.74, 6) is -0.736. The van der Waals surface area contributed by atoms with Crippen molar-refractivity contribution >= 4 is 17.3 Å². The quantitative estimate of drug-likeness (QED) is 0.777. The van der Waals surface area contributed by atoms with Crippen molar-refractivity contribution in [2.24, 2.45) is 0 Å². The van der Waals surface area contributed by atoms with E-state index in [2.05, 4.69) is 9.72 Å². The van der Waals surface area contributed by atoms with Crippen molar-refractivity contribution in [3.8, 4) is 5.88 Å². The number of hydrogen-bond acceptors (Lipinski definition) is 3. The highest BCUT2D eigenvalue weighted by molar-refractivity contribution is 6.33. The first kappa shape index (κ1) is 9.91. The van der Waals surface area contributed by atoms with E-state index in [1.54, 1.807) is 0 Å². The lowest BCUT2D eigenvalue weighted by Crippen LogP contribution is -2.18. The third-order valence-corrected chi connectivity index (χ3v) is 1.44. The van der Waals surface area contributed by atoms with E-state index in [1.807, 2.05) is 0 Å². The van der Waals surface area contributed by atoms with Crippen LogP contribution in [0.3, 0.4) is 0 Å². The summed E-state index contributed by atoms with van der Waals surface area (Å²) in [5.41, 5.74) is 4.84. The number of nitrogen functional groups attached to an aromatic ring is 1. The van der Waals surface area contributed by atoms with Crippen molar-refractivity contribution < 1.29 is 17.9 Å². The predicted octanol–water partition coefficient (Wildman–Crippen LogP) is 2.22. The van der Waals surface area contributed by atoms with Gasteiger partial charge in [0.1, 0.15) is 5.69 Å². The second-order valence-corrected chi connectivity index (χ2v) is 2.47. The number of anilines is 1. The smallest absolute Gasteiger partial charge is 0.393 e. The zero-order valence-corrected chi connectivity index (χ0v) is 6.86. The maximum Gasteiger partial charge on any atom is 0.574 e. The number of aromatic nitrogens is 1. The molecule has 2 N–H and O–H groups in total. The molecule has 0 amide bonds. The first-order chi connectivity index (χ1) is 5.90. The van der Waals surface area contributed by atoms with Crippen LogP contribution in [-0.2, 0) is 0 Å². The van der Waals surface area contributed by atoms with Crippen LogP contribution in [0, 0.1) is 0 Å². The van der Waals surface area contributed by atoms with E-state index < -0.39 is 12.2 Å². The number of alkyl halides is 3. The van der Waals surface area contributed by atoms with Gasteiger partial charge in [0.25, 0.3) is 0 Å². The summed E-state index contributed by atoms with van der Waals surface area (Å²) in [7, 11) is 0. The van der Waals surface area contributed by atoms with Crippen LogP contribution in [0.4, 0.5) is 18.9 Å². The van der Waals surface area contributed by atoms with Gasteiger partial charge in [-0.05, 0) is 6.07 Å². The number of rotatable bonds is 1. The average molecular weight is 213 g/mol. The van der Waals surface area contributed by atoms with Crippen molar-refractivity contribution in [2.45, 2.75) is 6.36 Å². The van der Waals surface area contributed by atoms with Crippen LogP contribution in [-0.4, -0.2) is 11.3 Å². The molecule has 0 fully saturated rings. The van der Waals surface area contributed by atoms with Crippen LogP contribution in [0.1, 0.15) is 0 Å². The molecule has 7 heteroatoms. The summed E-state index contributed by atoms with van der Waals surface area (Å²) in [6.07, 6.45) is -3.74. The monoisotopic (exact) mass is 212 g/mol. The average Bonchev–Trinajstić information content (AvgIpc) is 1.96. The van der Waals surface area contributed by atoms with Crippen molar-refractivity contribution in [1.29, 1.82) is 0 Å². The van der Waals surface area contributed by atoms with E-state index in [0.717, 1.165) is 6.20 Å². The minimum absolute atomic E-state index is 0.0331. The normalized spacial score (nSPS) is 11.4. The largest absolute Gasteiger partial charge is 0.574 e. The SMILES string of the molecule is Nc1c(Cl)ccnc1OC(F)(F)F. The Morgan fingerprint density at radius 2 is 2.08 bits per heavy atom. The maximum atomic E-state index is 11.7. The molecule has 0 aliphatic heterocycles. The topological polar surface area (TPSA) is 48.1 Å². The highest BCUT2D eigenvalue weighted by Crippen LogP contribution is 2.30. The third-order valence-electron chi connectivity index (χ3n) is 1.11. The molecule has 0 unspecified atom stereocenters. The minimum atomic E-state index is -4.81. The zero-order valence-electron chi connectivity index (χ0n) is 6.10. The molecule has 0 saturated carbocycles. The molecule has 0 aromatic carbocycles. The molecule has 1 heterocycles. The number of nitrogens with two attached hydrogens (primary N) is 1. The molecule has 0 radical (unpaired) electrons. The highest BCUT2D eigenvalue weighted by atomic mass is 35.5. The summed E-state index contributed by atoms with van der Waals surface area (Å²) in [6, 6.07) is 1.26. The van der Waals surface area contributed by atoms with E-state index in [9.17, 15) is 13.2 Å². The Morgan fingerprint density at radius 3 is 2.62 bits per heavy atom. The van der Waals surface area contributed by atoms with Gasteiger partial charge in [0, 0.05) is 6.20 Å². The van der Waals surface area contributed by atoms with Crippen LogP contribution < -0.4 is 10.5 Å². The summed E-state index contributed by atoms with van der Waals surface area (Å²) < 4.78 is 38.6. The van der Waals surface area contributed by atoms with Crippen molar-refractivity contribution in [3.05, 3.63) is 17.3 Å². The molecule has 1 aromatic rings. The summed E-state index contributed by atoms with van der Waals surface area (Å²) in [4.78, 5) is 3.27. The van der Waals surface area contributed by atoms with E-state index in [0.29, 0.717) is 0 Å². The van der Waals surface area contributed by atoms with Gasteiger partial charge in [-0.3, -0.25) is 0 Å². The van der Waals surface area contributed by atoms with E-state index in [4.69, 9.17) is 17.3 Å². The molecule has 0 spiro atoms. The molecular formula is C6H4ClF3N2O. The molecule has 1 rings (SSSR count). The first-order valence-corrected chi connectivity index (χ1v) is 3.43. The lowest BCUT2D eigenvalue weighted by molar-refractivity contribution is -0.275. The van der Waals surface area contributed by atoms with E-state index >= 15 is 0 Å². The molecule has 0 saturated heterocycles. The molecular weight excluding hydrogens is 209 g/mol. The molecule has 0 bridgehead atoms. The fourth-order valence-corrected chi connectivity index (χ4v) is 0.760. The number of hydrogen-bond donors (Lipinski definition) is 1. The van der Waals surface area contributed by atoms with Crippen molar-refractivity contribution in [2.75, 3.05) is 5.73 Å². The molecule has 0 aliphatic carbocycles. The van der Waals surface area contributed by atoms with Gasteiger partial charge in [-0.2, -0.15) is 0 Å². The standard InChI is InChI=1S/C6H4ClF3N2O/c7-3-1-2-12-5(4(3)11)13-6(8,9)10/h1-2H,11H2. The number of halogens is 4. The van der Waals surface area contributed by atoms with Crippen LogP contribution >= 0.6 is 11.6 Å². The van der Waals surface area contributed by atoms with Crippen LogP contribution in [0.2, 0.25) is 5.02 Å². The van der Waals surface area contributed by atoms with E-state index in [1.165, 1.54) is 6.07 Å². The predicted molar refractivity (Wildman–Crippen MR) is 40.3 cm³/mol. The Balaban J connectivity index is 2.96. The van der Waals surface area contributed by atoms with Gasteiger partial charge >= 0.3 is 6.36 Å². The Labute approximate surface area is 76.3 Å². The van der Waals surface area contributed by atoms with Gasteiger partial charge in [-0.25, -0.2) is 4.98 Å². The van der Waals surface area contributed by atoms with Gasteiger partial charge in [0.2, 0.25) is 5.88 Å². The van der Waals surface area contributed by atoms with Crippen molar-refractivity contribution in [1.82, 2.24) is 4.98 Å². The van der Waals surface area contributed by atoms with Crippen LogP contribution in [0.5, 0.6) is 5.88 Å². The Bertz CT molecular complexity index is 315. The third kappa shape index (κ3) is 2.66. The minimum Gasteiger partial charge on any atom is -0.393 e. The number of nitrogens with zero attached hydrogens (tertiary/aromatic N) is 1. The van der Waals surface area contributed by atoms with Gasteiger partial charge in [-0.1, -0.05) is 11.6 Å². The molecule has 0 atom stereocenters. The molecule has 72 valence electrons. The molecule has 3 nitrogen and oxygen atoms in total. The maximum absolute atomic E-state index is 11.7. The fraction of sp³-hybridized carbons (Fsp3) is 0.167. The summed E-state index contributed by atoms with van der Waals surface area (Å²) in [6.45, 7) is 0. The van der Waals surface area contributed by atoms with Crippen LogP contribution in [0.25, 0.3) is 0 Å². The fourth-order valence-electron chi connectivity index (χ4n) is 0.623.